The van der Waals surface area contributed by atoms with E-state index in [0.29, 0.717) is 6.04 Å². The molecule has 2 saturated carbocycles. The van der Waals surface area contributed by atoms with Crippen molar-refractivity contribution in [2.75, 3.05) is 0 Å². The van der Waals surface area contributed by atoms with Crippen molar-refractivity contribution in [2.24, 2.45) is 0 Å². The zero-order chi connectivity index (χ0) is 17.9. The molecular weight excluding hydrogens is 328 g/mol. The molecule has 6 nitrogen and oxygen atoms in total. The van der Waals surface area contributed by atoms with E-state index in [1.165, 1.54) is 0 Å². The standard InChI is InChI=1S/C20H26N4O2/c25-19-5-1-4-18(19)22-15-6-8-16(9-7-15)24-20(26)11-10-17(23-24)14-3-2-12-21-13-14/h2-3,10-13,15-16,18-19,22,25H,1,4-9H2. The first-order valence-corrected chi connectivity index (χ1v) is 9.65. The normalized spacial score (nSPS) is 29.0. The molecular formula is C20H26N4O2. The van der Waals surface area contributed by atoms with Crippen molar-refractivity contribution in [1.82, 2.24) is 20.1 Å². The summed E-state index contributed by atoms with van der Waals surface area (Å²) in [6.07, 6.45) is 10.3. The second-order valence-corrected chi connectivity index (χ2v) is 7.52. The van der Waals surface area contributed by atoms with Gasteiger partial charge in [0.2, 0.25) is 0 Å². The zero-order valence-electron chi connectivity index (χ0n) is 14.9. The molecule has 0 radical (unpaired) electrons. The number of aliphatic hydroxyl groups excluding tert-OH is 1. The Morgan fingerprint density at radius 2 is 1.92 bits per heavy atom. The number of hydrogen-bond donors (Lipinski definition) is 2. The minimum absolute atomic E-state index is 0.0414. The highest BCUT2D eigenvalue weighted by Crippen LogP contribution is 2.29. The molecule has 0 spiro atoms. The molecule has 0 aromatic carbocycles. The minimum Gasteiger partial charge on any atom is -0.392 e. The van der Waals surface area contributed by atoms with E-state index >= 15 is 0 Å². The Bertz CT molecular complexity index is 784. The Labute approximate surface area is 153 Å². The van der Waals surface area contributed by atoms with E-state index in [9.17, 15) is 9.90 Å². The third-order valence-corrected chi connectivity index (χ3v) is 5.75. The summed E-state index contributed by atoms with van der Waals surface area (Å²) in [4.78, 5) is 16.5. The lowest BCUT2D eigenvalue weighted by molar-refractivity contribution is 0.134. The summed E-state index contributed by atoms with van der Waals surface area (Å²) in [5, 5.41) is 18.2. The maximum Gasteiger partial charge on any atom is 0.267 e. The quantitative estimate of drug-likeness (QED) is 0.881. The van der Waals surface area contributed by atoms with Crippen LogP contribution in [0.2, 0.25) is 0 Å². The molecule has 2 aromatic rings. The first-order valence-electron chi connectivity index (χ1n) is 9.65. The highest BCUT2D eigenvalue weighted by molar-refractivity contribution is 5.56. The van der Waals surface area contributed by atoms with Crippen LogP contribution in [-0.4, -0.2) is 38.1 Å². The van der Waals surface area contributed by atoms with Gasteiger partial charge in [-0.3, -0.25) is 9.78 Å². The third-order valence-electron chi connectivity index (χ3n) is 5.75. The van der Waals surface area contributed by atoms with Crippen LogP contribution in [-0.2, 0) is 0 Å². The van der Waals surface area contributed by atoms with Crippen LogP contribution in [0.5, 0.6) is 0 Å². The van der Waals surface area contributed by atoms with Crippen molar-refractivity contribution in [1.29, 1.82) is 0 Å². The monoisotopic (exact) mass is 354 g/mol. The topological polar surface area (TPSA) is 80.0 Å². The molecule has 0 saturated heterocycles. The lowest BCUT2D eigenvalue weighted by Crippen LogP contribution is -2.44. The Morgan fingerprint density at radius 1 is 1.08 bits per heavy atom. The Morgan fingerprint density at radius 3 is 2.62 bits per heavy atom. The molecule has 2 heterocycles. The molecule has 2 aromatic heterocycles. The molecule has 6 heteroatoms. The van der Waals surface area contributed by atoms with E-state index in [1.54, 1.807) is 29.2 Å². The average molecular weight is 354 g/mol. The third kappa shape index (κ3) is 3.71. The molecule has 2 fully saturated rings. The molecule has 2 unspecified atom stereocenters. The summed E-state index contributed by atoms with van der Waals surface area (Å²) in [6, 6.07) is 8.02. The van der Waals surface area contributed by atoms with Gasteiger partial charge in [0.25, 0.3) is 5.56 Å². The smallest absolute Gasteiger partial charge is 0.267 e. The van der Waals surface area contributed by atoms with Crippen LogP contribution >= 0.6 is 0 Å². The van der Waals surface area contributed by atoms with Crippen LogP contribution < -0.4 is 10.9 Å². The van der Waals surface area contributed by atoms with Crippen molar-refractivity contribution in [3.63, 3.8) is 0 Å². The Hall–Kier alpha value is -2.05. The number of nitrogens with one attached hydrogen (secondary N) is 1. The molecule has 2 aliphatic rings. The van der Waals surface area contributed by atoms with E-state index < -0.39 is 0 Å². The van der Waals surface area contributed by atoms with Crippen LogP contribution in [0.25, 0.3) is 11.3 Å². The first-order chi connectivity index (χ1) is 12.7. The second-order valence-electron chi connectivity index (χ2n) is 7.52. The molecule has 0 amide bonds. The van der Waals surface area contributed by atoms with E-state index in [4.69, 9.17) is 0 Å². The van der Waals surface area contributed by atoms with Crippen LogP contribution in [0.15, 0.2) is 41.5 Å². The van der Waals surface area contributed by atoms with Crippen molar-refractivity contribution in [2.45, 2.75) is 69.2 Å². The molecule has 2 N–H and O–H groups in total. The molecule has 2 atom stereocenters. The maximum atomic E-state index is 12.3. The summed E-state index contributed by atoms with van der Waals surface area (Å²) in [6.45, 7) is 0. The van der Waals surface area contributed by atoms with Crippen LogP contribution in [0.4, 0.5) is 0 Å². The van der Waals surface area contributed by atoms with Crippen molar-refractivity contribution >= 4 is 0 Å². The number of pyridine rings is 1. The van der Waals surface area contributed by atoms with Crippen molar-refractivity contribution < 1.29 is 5.11 Å². The molecule has 4 rings (SSSR count). The van der Waals surface area contributed by atoms with E-state index in [1.807, 2.05) is 12.1 Å². The van der Waals surface area contributed by atoms with E-state index in [0.717, 1.165) is 56.2 Å². The maximum absolute atomic E-state index is 12.3. The van der Waals surface area contributed by atoms with Gasteiger partial charge in [-0.15, -0.1) is 0 Å². The van der Waals surface area contributed by atoms with Crippen molar-refractivity contribution in [3.8, 4) is 11.3 Å². The molecule has 2 aliphatic carbocycles. The van der Waals surface area contributed by atoms with Gasteiger partial charge < -0.3 is 10.4 Å². The van der Waals surface area contributed by atoms with Crippen molar-refractivity contribution in [3.05, 3.63) is 47.0 Å². The van der Waals surface area contributed by atoms with Gasteiger partial charge in [-0.05, 0) is 63.1 Å². The van der Waals surface area contributed by atoms with Gasteiger partial charge in [0.1, 0.15) is 0 Å². The van der Waals surface area contributed by atoms with Gasteiger partial charge in [-0.2, -0.15) is 5.10 Å². The molecule has 138 valence electrons. The Kier molecular flexibility index (Phi) is 5.13. The molecule has 0 bridgehead atoms. The number of hydrogen-bond acceptors (Lipinski definition) is 5. The van der Waals surface area contributed by atoms with Gasteiger partial charge >= 0.3 is 0 Å². The molecule has 26 heavy (non-hydrogen) atoms. The zero-order valence-corrected chi connectivity index (χ0v) is 14.9. The lowest BCUT2D eigenvalue weighted by atomic mass is 9.90. The summed E-state index contributed by atoms with van der Waals surface area (Å²) >= 11 is 0. The largest absolute Gasteiger partial charge is 0.392 e. The number of aromatic nitrogens is 3. The van der Waals surface area contributed by atoms with Gasteiger partial charge in [-0.1, -0.05) is 0 Å². The fourth-order valence-corrected chi connectivity index (χ4v) is 4.28. The van der Waals surface area contributed by atoms with Gasteiger partial charge in [0.05, 0.1) is 17.8 Å². The van der Waals surface area contributed by atoms with Crippen LogP contribution in [0, 0.1) is 0 Å². The fraction of sp³-hybridized carbons (Fsp3) is 0.550. The predicted octanol–water partition coefficient (Wildman–Crippen LogP) is 2.29. The first kappa shape index (κ1) is 17.4. The highest BCUT2D eigenvalue weighted by Gasteiger charge is 2.30. The number of rotatable bonds is 4. The Balaban J connectivity index is 1.43. The summed E-state index contributed by atoms with van der Waals surface area (Å²) in [5.74, 6) is 0. The molecule has 0 aliphatic heterocycles. The van der Waals surface area contributed by atoms with E-state index in [2.05, 4.69) is 15.4 Å². The van der Waals surface area contributed by atoms with Gasteiger partial charge in [0.15, 0.2) is 0 Å². The van der Waals surface area contributed by atoms with Gasteiger partial charge in [-0.25, -0.2) is 4.68 Å². The lowest BCUT2D eigenvalue weighted by Gasteiger charge is -2.32. The van der Waals surface area contributed by atoms with Crippen LogP contribution in [0.1, 0.15) is 51.0 Å². The number of nitrogens with zero attached hydrogens (tertiary/aromatic N) is 3. The summed E-state index contributed by atoms with van der Waals surface area (Å²) in [7, 11) is 0. The van der Waals surface area contributed by atoms with Crippen LogP contribution in [0.3, 0.4) is 0 Å². The van der Waals surface area contributed by atoms with E-state index in [-0.39, 0.29) is 23.7 Å². The average Bonchev–Trinajstić information content (AvgIpc) is 3.08. The fourth-order valence-electron chi connectivity index (χ4n) is 4.28. The SMILES string of the molecule is O=c1ccc(-c2cccnc2)nn1C1CCC(NC2CCCC2O)CC1. The van der Waals surface area contributed by atoms with Gasteiger partial charge in [0, 0.05) is 36.1 Å². The summed E-state index contributed by atoms with van der Waals surface area (Å²) < 4.78 is 1.66. The number of aliphatic hydroxyl groups is 1. The highest BCUT2D eigenvalue weighted by atomic mass is 16.3. The minimum atomic E-state index is -0.201. The second kappa shape index (κ2) is 7.68. The summed E-state index contributed by atoms with van der Waals surface area (Å²) in [5.41, 5.74) is 1.67. The predicted molar refractivity (Wildman–Crippen MR) is 99.8 cm³/mol.